The maximum atomic E-state index is 12.8. The number of imide groups is 1. The van der Waals surface area contributed by atoms with Crippen molar-refractivity contribution in [2.75, 3.05) is 7.11 Å². The number of nitrogens with zero attached hydrogens (tertiary/aromatic N) is 1. The van der Waals surface area contributed by atoms with Crippen LogP contribution in [0, 0.1) is 0 Å². The van der Waals surface area contributed by atoms with Gasteiger partial charge in [-0.05, 0) is 24.4 Å². The molecule has 2 aromatic rings. The zero-order valence-electron chi connectivity index (χ0n) is 12.3. The number of amides is 3. The van der Waals surface area contributed by atoms with Gasteiger partial charge in [0.15, 0.2) is 0 Å². The number of benzene rings is 1. The van der Waals surface area contributed by atoms with Crippen LogP contribution >= 0.6 is 11.3 Å². The third-order valence-electron chi connectivity index (χ3n) is 3.81. The minimum atomic E-state index is -1.11. The molecule has 2 heterocycles. The molecule has 1 aliphatic rings. The van der Waals surface area contributed by atoms with E-state index < -0.39 is 5.54 Å². The largest absolute Gasteiger partial charge is 0.496 e. The summed E-state index contributed by atoms with van der Waals surface area (Å²) in [5.74, 6) is 0.312. The first kappa shape index (κ1) is 14.6. The molecule has 0 unspecified atom stereocenters. The van der Waals surface area contributed by atoms with Crippen molar-refractivity contribution in [3.05, 3.63) is 52.2 Å². The van der Waals surface area contributed by atoms with Gasteiger partial charge < -0.3 is 10.1 Å². The molecule has 0 bridgehead atoms. The number of rotatable bonds is 4. The number of hydrogen-bond donors (Lipinski definition) is 1. The van der Waals surface area contributed by atoms with Gasteiger partial charge in [0.25, 0.3) is 5.91 Å². The molecule has 3 rings (SSSR count). The summed E-state index contributed by atoms with van der Waals surface area (Å²) < 4.78 is 5.33. The van der Waals surface area contributed by atoms with E-state index in [1.165, 1.54) is 16.2 Å². The number of methoxy groups -OCH3 is 1. The van der Waals surface area contributed by atoms with E-state index in [1.54, 1.807) is 26.2 Å². The molecular weight excluding hydrogens is 300 g/mol. The summed E-state index contributed by atoms with van der Waals surface area (Å²) in [5, 5.41) is 4.72. The monoisotopic (exact) mass is 316 g/mol. The quantitative estimate of drug-likeness (QED) is 0.882. The average Bonchev–Trinajstić information content (AvgIpc) is 3.11. The van der Waals surface area contributed by atoms with Gasteiger partial charge in [-0.2, -0.15) is 0 Å². The summed E-state index contributed by atoms with van der Waals surface area (Å²) >= 11 is 1.52. The van der Waals surface area contributed by atoms with Crippen LogP contribution in [0.5, 0.6) is 5.75 Å². The second kappa shape index (κ2) is 5.46. The molecule has 1 aromatic heterocycles. The Morgan fingerprint density at radius 3 is 2.68 bits per heavy atom. The summed E-state index contributed by atoms with van der Waals surface area (Å²) in [6.07, 6.45) is 0. The molecule has 0 saturated carbocycles. The lowest BCUT2D eigenvalue weighted by Gasteiger charge is -2.24. The highest BCUT2D eigenvalue weighted by Gasteiger charge is 2.50. The standard InChI is InChI=1S/C16H16N2O3S/c1-16(12-7-3-4-8-13(12)21-2)14(19)18(15(20)17-16)10-11-6-5-9-22-11/h3-9H,10H2,1-2H3,(H,17,20)/t16-/m0/s1. The Kier molecular flexibility index (Phi) is 3.62. The van der Waals surface area contributed by atoms with Crippen molar-refractivity contribution in [1.29, 1.82) is 0 Å². The number of hydrogen-bond acceptors (Lipinski definition) is 4. The van der Waals surface area contributed by atoms with E-state index in [0.29, 0.717) is 11.3 Å². The highest BCUT2D eigenvalue weighted by atomic mass is 32.1. The van der Waals surface area contributed by atoms with Crippen LogP contribution in [0.1, 0.15) is 17.4 Å². The van der Waals surface area contributed by atoms with Crippen LogP contribution < -0.4 is 10.1 Å². The zero-order valence-corrected chi connectivity index (χ0v) is 13.1. The van der Waals surface area contributed by atoms with Gasteiger partial charge in [0.05, 0.1) is 13.7 Å². The van der Waals surface area contributed by atoms with Gasteiger partial charge in [-0.15, -0.1) is 11.3 Å². The SMILES string of the molecule is COc1ccccc1[C@]1(C)NC(=O)N(Cc2cccs2)C1=O. The van der Waals surface area contributed by atoms with Crippen molar-refractivity contribution in [3.63, 3.8) is 0 Å². The number of para-hydroxylation sites is 1. The number of thiophene rings is 1. The molecular formula is C16H16N2O3S. The molecule has 1 saturated heterocycles. The molecule has 0 aliphatic carbocycles. The molecule has 3 amide bonds. The highest BCUT2D eigenvalue weighted by Crippen LogP contribution is 2.35. The van der Waals surface area contributed by atoms with Crippen molar-refractivity contribution in [1.82, 2.24) is 10.2 Å². The van der Waals surface area contributed by atoms with E-state index in [0.717, 1.165) is 4.88 Å². The molecule has 1 fully saturated rings. The van der Waals surface area contributed by atoms with Gasteiger partial charge in [-0.25, -0.2) is 4.79 Å². The molecule has 6 heteroatoms. The Bertz CT molecular complexity index is 714. The van der Waals surface area contributed by atoms with Crippen molar-refractivity contribution >= 4 is 23.3 Å². The lowest BCUT2D eigenvalue weighted by molar-refractivity contribution is -0.131. The Labute approximate surface area is 132 Å². The summed E-state index contributed by atoms with van der Waals surface area (Å²) in [6.45, 7) is 1.99. The molecule has 5 nitrogen and oxygen atoms in total. The maximum absolute atomic E-state index is 12.8. The number of carbonyl (C=O) groups is 2. The number of carbonyl (C=O) groups excluding carboxylic acids is 2. The van der Waals surface area contributed by atoms with E-state index in [1.807, 2.05) is 29.6 Å². The number of urea groups is 1. The first-order valence-corrected chi connectivity index (χ1v) is 7.74. The van der Waals surface area contributed by atoms with Crippen LogP contribution in [-0.2, 0) is 16.9 Å². The van der Waals surface area contributed by atoms with Crippen molar-refractivity contribution in [2.24, 2.45) is 0 Å². The lowest BCUT2D eigenvalue weighted by atomic mass is 9.91. The van der Waals surface area contributed by atoms with E-state index >= 15 is 0 Å². The Hall–Kier alpha value is -2.34. The summed E-state index contributed by atoms with van der Waals surface area (Å²) in [6, 6.07) is 10.7. The predicted molar refractivity (Wildman–Crippen MR) is 83.7 cm³/mol. The van der Waals surface area contributed by atoms with Crippen molar-refractivity contribution in [3.8, 4) is 5.75 Å². The first-order chi connectivity index (χ1) is 10.6. The fourth-order valence-electron chi connectivity index (χ4n) is 2.64. The van der Waals surface area contributed by atoms with Crippen LogP contribution in [0.25, 0.3) is 0 Å². The third-order valence-corrected chi connectivity index (χ3v) is 4.68. The highest BCUT2D eigenvalue weighted by molar-refractivity contribution is 7.09. The Balaban J connectivity index is 1.95. The number of ether oxygens (including phenoxy) is 1. The van der Waals surface area contributed by atoms with Gasteiger partial charge in [0.2, 0.25) is 0 Å². The van der Waals surface area contributed by atoms with E-state index in [4.69, 9.17) is 4.74 Å². The molecule has 1 aromatic carbocycles. The minimum Gasteiger partial charge on any atom is -0.496 e. The molecule has 0 radical (unpaired) electrons. The van der Waals surface area contributed by atoms with Gasteiger partial charge in [-0.1, -0.05) is 24.3 Å². The maximum Gasteiger partial charge on any atom is 0.325 e. The smallest absolute Gasteiger partial charge is 0.325 e. The molecule has 114 valence electrons. The first-order valence-electron chi connectivity index (χ1n) is 6.86. The zero-order chi connectivity index (χ0) is 15.7. The molecule has 22 heavy (non-hydrogen) atoms. The van der Waals surface area contributed by atoms with Crippen molar-refractivity contribution < 1.29 is 14.3 Å². The predicted octanol–water partition coefficient (Wildman–Crippen LogP) is 2.72. The minimum absolute atomic E-state index is 0.268. The lowest BCUT2D eigenvalue weighted by Crippen LogP contribution is -2.41. The van der Waals surface area contributed by atoms with E-state index in [-0.39, 0.29) is 18.5 Å². The molecule has 1 atom stereocenters. The summed E-state index contributed by atoms with van der Waals surface area (Å²) in [5.41, 5.74) is -0.453. The van der Waals surface area contributed by atoms with Crippen LogP contribution in [0.15, 0.2) is 41.8 Å². The Morgan fingerprint density at radius 2 is 2.00 bits per heavy atom. The fraction of sp³-hybridized carbons (Fsp3) is 0.250. The van der Waals surface area contributed by atoms with E-state index in [2.05, 4.69) is 5.32 Å². The van der Waals surface area contributed by atoms with Gasteiger partial charge >= 0.3 is 6.03 Å². The van der Waals surface area contributed by atoms with Crippen LogP contribution in [-0.4, -0.2) is 23.9 Å². The summed E-state index contributed by atoms with van der Waals surface area (Å²) in [4.78, 5) is 27.3. The molecule has 0 spiro atoms. The second-order valence-corrected chi connectivity index (χ2v) is 6.26. The molecule has 1 aliphatic heterocycles. The van der Waals surface area contributed by atoms with Crippen LogP contribution in [0.4, 0.5) is 4.79 Å². The third kappa shape index (κ3) is 2.25. The van der Waals surface area contributed by atoms with E-state index in [9.17, 15) is 9.59 Å². The van der Waals surface area contributed by atoms with Gasteiger partial charge in [0, 0.05) is 10.4 Å². The van der Waals surface area contributed by atoms with Crippen LogP contribution in [0.3, 0.4) is 0 Å². The normalized spacial score (nSPS) is 21.1. The fourth-order valence-corrected chi connectivity index (χ4v) is 3.33. The average molecular weight is 316 g/mol. The van der Waals surface area contributed by atoms with Gasteiger partial charge in [0.1, 0.15) is 11.3 Å². The van der Waals surface area contributed by atoms with Crippen molar-refractivity contribution in [2.45, 2.75) is 19.0 Å². The Morgan fingerprint density at radius 1 is 1.23 bits per heavy atom. The summed E-state index contributed by atoms with van der Waals surface area (Å²) in [7, 11) is 1.55. The number of nitrogens with one attached hydrogen (secondary N) is 1. The van der Waals surface area contributed by atoms with Crippen LogP contribution in [0.2, 0.25) is 0 Å². The molecule has 1 N–H and O–H groups in total. The topological polar surface area (TPSA) is 58.6 Å². The second-order valence-electron chi connectivity index (χ2n) is 5.23. The van der Waals surface area contributed by atoms with Gasteiger partial charge in [-0.3, -0.25) is 9.69 Å².